The molecule has 1 unspecified atom stereocenters. The number of hydrogen-bond donors (Lipinski definition) is 2. The van der Waals surface area contributed by atoms with E-state index in [1.54, 1.807) is 12.1 Å². The second-order valence-corrected chi connectivity index (χ2v) is 6.49. The Morgan fingerprint density at radius 3 is 2.45 bits per heavy atom. The minimum atomic E-state index is -0.219. The molecule has 2 rings (SSSR count). The van der Waals surface area contributed by atoms with Crippen molar-refractivity contribution in [1.82, 2.24) is 5.43 Å². The molecule has 0 radical (unpaired) electrons. The van der Waals surface area contributed by atoms with E-state index in [1.807, 2.05) is 25.1 Å². The maximum atomic E-state index is 13.8. The Bertz CT molecular complexity index is 617. The minimum Gasteiger partial charge on any atom is -0.271 e. The quantitative estimate of drug-likeness (QED) is 0.588. The van der Waals surface area contributed by atoms with Gasteiger partial charge in [0.25, 0.3) is 0 Å². The average Bonchev–Trinajstić information content (AvgIpc) is 2.40. The first-order chi connectivity index (χ1) is 9.51. The van der Waals surface area contributed by atoms with Gasteiger partial charge >= 0.3 is 0 Å². The third-order valence-electron chi connectivity index (χ3n) is 3.24. The SMILES string of the molecule is Cc1cc(Br)ccc1C(Cc1cc(Br)ccc1F)NN. The molecule has 3 N–H and O–H groups in total. The molecule has 5 heteroatoms. The summed E-state index contributed by atoms with van der Waals surface area (Å²) in [5.74, 6) is 5.43. The van der Waals surface area contributed by atoms with E-state index in [2.05, 4.69) is 37.3 Å². The summed E-state index contributed by atoms with van der Waals surface area (Å²) in [5, 5.41) is 0. The fourth-order valence-electron chi connectivity index (χ4n) is 2.21. The maximum absolute atomic E-state index is 13.8. The van der Waals surface area contributed by atoms with Gasteiger partial charge in [-0.05, 0) is 60.4 Å². The highest BCUT2D eigenvalue weighted by Crippen LogP contribution is 2.26. The largest absolute Gasteiger partial charge is 0.271 e. The van der Waals surface area contributed by atoms with Crippen molar-refractivity contribution in [2.75, 3.05) is 0 Å². The second-order valence-electron chi connectivity index (χ2n) is 4.66. The number of nitrogens with two attached hydrogens (primary N) is 1. The normalized spacial score (nSPS) is 12.4. The zero-order valence-electron chi connectivity index (χ0n) is 11.0. The Labute approximate surface area is 134 Å². The van der Waals surface area contributed by atoms with Crippen molar-refractivity contribution in [3.05, 3.63) is 67.9 Å². The van der Waals surface area contributed by atoms with E-state index >= 15 is 0 Å². The van der Waals surface area contributed by atoms with E-state index in [4.69, 9.17) is 5.84 Å². The molecule has 0 aliphatic heterocycles. The van der Waals surface area contributed by atoms with Gasteiger partial charge in [-0.2, -0.15) is 0 Å². The number of rotatable bonds is 4. The van der Waals surface area contributed by atoms with Crippen LogP contribution in [0.25, 0.3) is 0 Å². The molecule has 0 amide bonds. The van der Waals surface area contributed by atoms with Crippen molar-refractivity contribution >= 4 is 31.9 Å². The predicted molar refractivity (Wildman–Crippen MR) is 86.7 cm³/mol. The van der Waals surface area contributed by atoms with Gasteiger partial charge in [-0.3, -0.25) is 11.3 Å². The van der Waals surface area contributed by atoms with Crippen molar-refractivity contribution in [3.8, 4) is 0 Å². The zero-order chi connectivity index (χ0) is 14.7. The molecule has 0 aliphatic rings. The highest BCUT2D eigenvalue weighted by molar-refractivity contribution is 9.10. The molecule has 0 fully saturated rings. The van der Waals surface area contributed by atoms with Gasteiger partial charge in [0.1, 0.15) is 5.82 Å². The van der Waals surface area contributed by atoms with Gasteiger partial charge in [0, 0.05) is 8.95 Å². The molecule has 0 spiro atoms. The third-order valence-corrected chi connectivity index (χ3v) is 4.23. The van der Waals surface area contributed by atoms with Gasteiger partial charge < -0.3 is 0 Å². The fraction of sp³-hybridized carbons (Fsp3) is 0.200. The summed E-state index contributed by atoms with van der Waals surface area (Å²) >= 11 is 6.80. The molecular formula is C15H15Br2FN2. The molecule has 0 aliphatic carbocycles. The summed E-state index contributed by atoms with van der Waals surface area (Å²) in [6.07, 6.45) is 0.490. The van der Waals surface area contributed by atoms with Gasteiger partial charge in [-0.1, -0.05) is 37.9 Å². The average molecular weight is 402 g/mol. The number of hydrogen-bond acceptors (Lipinski definition) is 2. The number of benzene rings is 2. The van der Waals surface area contributed by atoms with Crippen LogP contribution in [-0.4, -0.2) is 0 Å². The lowest BCUT2D eigenvalue weighted by molar-refractivity contribution is 0.527. The van der Waals surface area contributed by atoms with Crippen LogP contribution in [0.2, 0.25) is 0 Å². The van der Waals surface area contributed by atoms with Crippen molar-refractivity contribution in [1.29, 1.82) is 0 Å². The molecule has 0 aromatic heterocycles. The molecule has 0 heterocycles. The maximum Gasteiger partial charge on any atom is 0.126 e. The summed E-state index contributed by atoms with van der Waals surface area (Å²) in [7, 11) is 0. The lowest BCUT2D eigenvalue weighted by Gasteiger charge is -2.19. The van der Waals surface area contributed by atoms with Crippen LogP contribution in [0.1, 0.15) is 22.7 Å². The van der Waals surface area contributed by atoms with E-state index in [1.165, 1.54) is 6.07 Å². The smallest absolute Gasteiger partial charge is 0.126 e. The van der Waals surface area contributed by atoms with Gasteiger partial charge in [-0.15, -0.1) is 0 Å². The van der Waals surface area contributed by atoms with E-state index in [0.717, 1.165) is 20.1 Å². The van der Waals surface area contributed by atoms with Crippen LogP contribution < -0.4 is 11.3 Å². The van der Waals surface area contributed by atoms with Crippen molar-refractivity contribution in [3.63, 3.8) is 0 Å². The van der Waals surface area contributed by atoms with E-state index < -0.39 is 0 Å². The second kappa shape index (κ2) is 6.80. The standard InChI is InChI=1S/C15H15Br2FN2/c1-9-6-11(16)2-4-13(9)15(20-19)8-10-7-12(17)3-5-14(10)18/h2-7,15,20H,8,19H2,1H3. The first-order valence-corrected chi connectivity index (χ1v) is 7.76. The molecule has 1 atom stereocenters. The minimum absolute atomic E-state index is 0.133. The highest BCUT2D eigenvalue weighted by Gasteiger charge is 2.15. The molecule has 0 bridgehead atoms. The van der Waals surface area contributed by atoms with Crippen LogP contribution >= 0.6 is 31.9 Å². The third kappa shape index (κ3) is 3.67. The Kier molecular flexibility index (Phi) is 5.32. The Morgan fingerprint density at radius 2 is 1.80 bits per heavy atom. The Balaban J connectivity index is 2.31. The molecular weight excluding hydrogens is 387 g/mol. The van der Waals surface area contributed by atoms with Crippen molar-refractivity contribution in [2.45, 2.75) is 19.4 Å². The summed E-state index contributed by atoms with van der Waals surface area (Å²) < 4.78 is 15.7. The first kappa shape index (κ1) is 15.6. The van der Waals surface area contributed by atoms with E-state index in [9.17, 15) is 4.39 Å². The van der Waals surface area contributed by atoms with Crippen LogP contribution in [0.15, 0.2) is 45.3 Å². The molecule has 0 saturated carbocycles. The Hall–Kier alpha value is -0.750. The molecule has 2 nitrogen and oxygen atoms in total. The molecule has 20 heavy (non-hydrogen) atoms. The number of halogens is 3. The monoisotopic (exact) mass is 400 g/mol. The fourth-order valence-corrected chi connectivity index (χ4v) is 3.09. The topological polar surface area (TPSA) is 38.0 Å². The van der Waals surface area contributed by atoms with Crippen molar-refractivity contribution < 1.29 is 4.39 Å². The first-order valence-electron chi connectivity index (χ1n) is 6.17. The van der Waals surface area contributed by atoms with E-state index in [0.29, 0.717) is 12.0 Å². The molecule has 2 aromatic carbocycles. The zero-order valence-corrected chi connectivity index (χ0v) is 14.1. The van der Waals surface area contributed by atoms with Crippen LogP contribution in [0.4, 0.5) is 4.39 Å². The Morgan fingerprint density at radius 1 is 1.15 bits per heavy atom. The molecule has 2 aromatic rings. The van der Waals surface area contributed by atoms with Crippen LogP contribution in [0.3, 0.4) is 0 Å². The predicted octanol–water partition coefficient (Wildman–Crippen LogP) is 4.41. The number of aryl methyl sites for hydroxylation is 1. The van der Waals surface area contributed by atoms with Crippen molar-refractivity contribution in [2.24, 2.45) is 5.84 Å². The summed E-state index contributed by atoms with van der Waals surface area (Å²) in [4.78, 5) is 0. The summed E-state index contributed by atoms with van der Waals surface area (Å²) in [6.45, 7) is 2.02. The summed E-state index contributed by atoms with van der Waals surface area (Å²) in [6, 6.07) is 10.8. The van der Waals surface area contributed by atoms with Crippen LogP contribution in [-0.2, 0) is 6.42 Å². The number of hydrazine groups is 1. The van der Waals surface area contributed by atoms with E-state index in [-0.39, 0.29) is 11.9 Å². The van der Waals surface area contributed by atoms with Gasteiger partial charge in [-0.25, -0.2) is 4.39 Å². The van der Waals surface area contributed by atoms with Crippen LogP contribution in [0, 0.1) is 12.7 Å². The lowest BCUT2D eigenvalue weighted by Crippen LogP contribution is -2.30. The lowest BCUT2D eigenvalue weighted by atomic mass is 9.96. The molecule has 0 saturated heterocycles. The van der Waals surface area contributed by atoms with Gasteiger partial charge in [0.05, 0.1) is 6.04 Å². The molecule has 106 valence electrons. The van der Waals surface area contributed by atoms with Gasteiger partial charge in [0.15, 0.2) is 0 Å². The highest BCUT2D eigenvalue weighted by atomic mass is 79.9. The number of nitrogens with one attached hydrogen (secondary N) is 1. The van der Waals surface area contributed by atoms with Gasteiger partial charge in [0.2, 0.25) is 0 Å². The van der Waals surface area contributed by atoms with Crippen LogP contribution in [0.5, 0.6) is 0 Å². The summed E-state index contributed by atoms with van der Waals surface area (Å²) in [5.41, 5.74) is 5.58.